The van der Waals surface area contributed by atoms with Crippen LogP contribution >= 0.6 is 0 Å². The Morgan fingerprint density at radius 2 is 1.52 bits per heavy atom. The van der Waals surface area contributed by atoms with Crippen LogP contribution in [0.2, 0.25) is 0 Å². The van der Waals surface area contributed by atoms with Crippen LogP contribution in [0.15, 0.2) is 42.5 Å². The molecule has 2 aromatic carbocycles. The fourth-order valence-electron chi connectivity index (χ4n) is 3.05. The molecule has 6 heteroatoms. The highest BCUT2D eigenvalue weighted by atomic mass is 16.2. The van der Waals surface area contributed by atoms with Gasteiger partial charge in [-0.2, -0.15) is 0 Å². The number of carbonyl (C=O) groups is 3. The van der Waals surface area contributed by atoms with E-state index >= 15 is 0 Å². The molecule has 0 spiro atoms. The van der Waals surface area contributed by atoms with E-state index in [4.69, 9.17) is 0 Å². The zero-order valence-corrected chi connectivity index (χ0v) is 15.5. The van der Waals surface area contributed by atoms with Crippen molar-refractivity contribution < 1.29 is 14.4 Å². The lowest BCUT2D eigenvalue weighted by molar-refractivity contribution is -0.132. The molecule has 1 saturated heterocycles. The maximum absolute atomic E-state index is 12.2. The lowest BCUT2D eigenvalue weighted by atomic mass is 10.1. The van der Waals surface area contributed by atoms with Gasteiger partial charge in [0.2, 0.25) is 5.91 Å². The Morgan fingerprint density at radius 3 is 2.19 bits per heavy atom. The fourth-order valence-corrected chi connectivity index (χ4v) is 3.05. The van der Waals surface area contributed by atoms with E-state index in [-0.39, 0.29) is 5.91 Å². The third kappa shape index (κ3) is 4.53. The van der Waals surface area contributed by atoms with Gasteiger partial charge in [-0.1, -0.05) is 23.8 Å². The first-order valence-electron chi connectivity index (χ1n) is 9.04. The molecule has 6 nitrogen and oxygen atoms in total. The molecule has 0 unspecified atom stereocenters. The van der Waals surface area contributed by atoms with E-state index in [1.165, 1.54) is 0 Å². The van der Waals surface area contributed by atoms with Gasteiger partial charge in [-0.15, -0.1) is 0 Å². The predicted molar refractivity (Wildman–Crippen MR) is 106 cm³/mol. The summed E-state index contributed by atoms with van der Waals surface area (Å²) in [6.07, 6.45) is 2.40. The molecular formula is C21H23N3O3. The van der Waals surface area contributed by atoms with Crippen LogP contribution in [0.4, 0.5) is 17.1 Å². The van der Waals surface area contributed by atoms with E-state index in [2.05, 4.69) is 10.6 Å². The molecule has 1 aliphatic heterocycles. The third-order valence-electron chi connectivity index (χ3n) is 4.60. The van der Waals surface area contributed by atoms with Crippen molar-refractivity contribution in [1.29, 1.82) is 0 Å². The largest absolute Gasteiger partial charge is 0.318 e. The van der Waals surface area contributed by atoms with Crippen molar-refractivity contribution in [3.63, 3.8) is 0 Å². The summed E-state index contributed by atoms with van der Waals surface area (Å²) >= 11 is 0. The van der Waals surface area contributed by atoms with E-state index in [1.807, 2.05) is 32.0 Å². The summed E-state index contributed by atoms with van der Waals surface area (Å²) < 4.78 is 0. The van der Waals surface area contributed by atoms with Gasteiger partial charge in [-0.3, -0.25) is 14.4 Å². The standard InChI is InChI=1S/C21H23N3O3/c1-14-6-9-16(10-7-14)22-20(26)21(27)23-17-11-8-15(2)18(13-17)24-12-4-3-5-19(24)25/h6-11,13H,3-5,12H2,1-2H3,(H,22,26)(H,23,27). The van der Waals surface area contributed by atoms with Crippen molar-refractivity contribution in [1.82, 2.24) is 0 Å². The van der Waals surface area contributed by atoms with E-state index < -0.39 is 11.8 Å². The second kappa shape index (κ2) is 8.03. The molecule has 1 heterocycles. The molecular weight excluding hydrogens is 342 g/mol. The first-order chi connectivity index (χ1) is 12.9. The van der Waals surface area contributed by atoms with Crippen molar-refractivity contribution in [3.8, 4) is 0 Å². The van der Waals surface area contributed by atoms with E-state index in [0.29, 0.717) is 24.3 Å². The summed E-state index contributed by atoms with van der Waals surface area (Å²) in [4.78, 5) is 38.3. The predicted octanol–water partition coefficient (Wildman–Crippen LogP) is 3.40. The summed E-state index contributed by atoms with van der Waals surface area (Å²) in [5, 5.41) is 5.18. The number of piperidine rings is 1. The zero-order valence-electron chi connectivity index (χ0n) is 15.5. The topological polar surface area (TPSA) is 78.5 Å². The molecule has 0 atom stereocenters. The highest BCUT2D eigenvalue weighted by Gasteiger charge is 2.22. The van der Waals surface area contributed by atoms with Crippen molar-refractivity contribution >= 4 is 34.8 Å². The van der Waals surface area contributed by atoms with E-state index in [1.54, 1.807) is 29.2 Å². The van der Waals surface area contributed by atoms with Gasteiger partial charge >= 0.3 is 11.8 Å². The van der Waals surface area contributed by atoms with Gasteiger partial charge < -0.3 is 15.5 Å². The first kappa shape index (κ1) is 18.6. The highest BCUT2D eigenvalue weighted by Crippen LogP contribution is 2.27. The van der Waals surface area contributed by atoms with Crippen molar-refractivity contribution in [2.45, 2.75) is 33.1 Å². The monoisotopic (exact) mass is 365 g/mol. The Bertz CT molecular complexity index is 875. The molecule has 0 aromatic heterocycles. The minimum atomic E-state index is -0.754. The molecule has 2 aromatic rings. The van der Waals surface area contributed by atoms with Gasteiger partial charge in [0.05, 0.1) is 0 Å². The van der Waals surface area contributed by atoms with Crippen molar-refractivity contribution in [3.05, 3.63) is 53.6 Å². The maximum atomic E-state index is 12.2. The molecule has 1 fully saturated rings. The maximum Gasteiger partial charge on any atom is 0.314 e. The van der Waals surface area contributed by atoms with E-state index in [0.717, 1.165) is 29.7 Å². The molecule has 3 rings (SSSR count). The smallest absolute Gasteiger partial charge is 0.314 e. The number of anilines is 3. The molecule has 1 aliphatic rings. The zero-order chi connectivity index (χ0) is 19.4. The summed E-state index contributed by atoms with van der Waals surface area (Å²) in [5.41, 5.74) is 3.84. The van der Waals surface area contributed by atoms with Crippen LogP contribution < -0.4 is 15.5 Å². The number of aryl methyl sites for hydroxylation is 2. The Balaban J connectivity index is 1.70. The van der Waals surface area contributed by atoms with Gasteiger partial charge in [0.25, 0.3) is 0 Å². The number of benzene rings is 2. The van der Waals surface area contributed by atoms with Crippen LogP contribution in [-0.4, -0.2) is 24.3 Å². The van der Waals surface area contributed by atoms with Crippen LogP contribution in [0.25, 0.3) is 0 Å². The highest BCUT2D eigenvalue weighted by molar-refractivity contribution is 6.43. The number of amides is 3. The summed E-state index contributed by atoms with van der Waals surface area (Å²) in [5.74, 6) is -1.41. The molecule has 0 saturated carbocycles. The Hall–Kier alpha value is -3.15. The van der Waals surface area contributed by atoms with E-state index in [9.17, 15) is 14.4 Å². The number of nitrogens with one attached hydrogen (secondary N) is 2. The van der Waals surface area contributed by atoms with Gasteiger partial charge in [0, 0.05) is 30.0 Å². The van der Waals surface area contributed by atoms with Crippen LogP contribution in [0, 0.1) is 13.8 Å². The first-order valence-corrected chi connectivity index (χ1v) is 9.04. The summed E-state index contributed by atoms with van der Waals surface area (Å²) in [6.45, 7) is 4.54. The van der Waals surface area contributed by atoms with Gasteiger partial charge in [0.15, 0.2) is 0 Å². The number of hydrogen-bond acceptors (Lipinski definition) is 3. The fraction of sp³-hybridized carbons (Fsp3) is 0.286. The normalized spacial score (nSPS) is 14.0. The average molecular weight is 365 g/mol. The molecule has 27 heavy (non-hydrogen) atoms. The Kier molecular flexibility index (Phi) is 5.54. The van der Waals surface area contributed by atoms with Crippen molar-refractivity contribution in [2.75, 3.05) is 22.1 Å². The molecule has 3 amide bonds. The lowest BCUT2D eigenvalue weighted by Crippen LogP contribution is -2.35. The third-order valence-corrected chi connectivity index (χ3v) is 4.60. The number of rotatable bonds is 3. The molecule has 140 valence electrons. The second-order valence-electron chi connectivity index (χ2n) is 6.78. The second-order valence-corrected chi connectivity index (χ2v) is 6.78. The van der Waals surface area contributed by atoms with Crippen LogP contribution in [0.1, 0.15) is 30.4 Å². The minimum Gasteiger partial charge on any atom is -0.318 e. The number of nitrogens with zero attached hydrogens (tertiary/aromatic N) is 1. The van der Waals surface area contributed by atoms with Crippen LogP contribution in [0.3, 0.4) is 0 Å². The van der Waals surface area contributed by atoms with Gasteiger partial charge in [-0.05, 0) is 56.5 Å². The molecule has 0 bridgehead atoms. The molecule has 2 N–H and O–H groups in total. The van der Waals surface area contributed by atoms with Crippen molar-refractivity contribution in [2.24, 2.45) is 0 Å². The molecule has 0 aliphatic carbocycles. The Morgan fingerprint density at radius 1 is 0.889 bits per heavy atom. The average Bonchev–Trinajstić information content (AvgIpc) is 2.65. The molecule has 0 radical (unpaired) electrons. The summed E-state index contributed by atoms with van der Waals surface area (Å²) in [6, 6.07) is 12.5. The Labute approximate surface area is 158 Å². The van der Waals surface area contributed by atoms with Crippen LogP contribution in [-0.2, 0) is 14.4 Å². The summed E-state index contributed by atoms with van der Waals surface area (Å²) in [7, 11) is 0. The SMILES string of the molecule is Cc1ccc(NC(=O)C(=O)Nc2ccc(C)c(N3CCCCC3=O)c2)cc1. The number of hydrogen-bond donors (Lipinski definition) is 2. The minimum absolute atomic E-state index is 0.0879. The number of carbonyl (C=O) groups excluding carboxylic acids is 3. The lowest BCUT2D eigenvalue weighted by Gasteiger charge is -2.28. The van der Waals surface area contributed by atoms with Crippen LogP contribution in [0.5, 0.6) is 0 Å². The van der Waals surface area contributed by atoms with Gasteiger partial charge in [-0.25, -0.2) is 0 Å². The quantitative estimate of drug-likeness (QED) is 0.819. The van der Waals surface area contributed by atoms with Gasteiger partial charge in [0.1, 0.15) is 0 Å².